The third-order valence-electron chi connectivity index (χ3n) is 4.34. The van der Waals surface area contributed by atoms with Gasteiger partial charge in [-0.15, -0.1) is 0 Å². The van der Waals surface area contributed by atoms with Gasteiger partial charge in [0.1, 0.15) is 0 Å². The van der Waals surface area contributed by atoms with Crippen molar-refractivity contribution in [2.24, 2.45) is 5.92 Å². The second-order valence-electron chi connectivity index (χ2n) is 5.86. The van der Waals surface area contributed by atoms with E-state index in [-0.39, 0.29) is 23.9 Å². The third kappa shape index (κ3) is 3.76. The van der Waals surface area contributed by atoms with Crippen LogP contribution in [-0.2, 0) is 14.8 Å². The molecule has 7 nitrogen and oxygen atoms in total. The van der Waals surface area contributed by atoms with Crippen LogP contribution in [0.25, 0.3) is 0 Å². The predicted octanol–water partition coefficient (Wildman–Crippen LogP) is 1.26. The second-order valence-corrected chi connectivity index (χ2v) is 7.80. The molecular weight excluding hydrogens is 332 g/mol. The molecule has 0 aromatic heterocycles. The molecule has 8 heteroatoms. The highest BCUT2D eigenvalue weighted by Gasteiger charge is 2.32. The molecule has 0 saturated carbocycles. The number of aliphatic carboxylic acids is 1. The lowest BCUT2D eigenvalue weighted by Gasteiger charge is -2.29. The van der Waals surface area contributed by atoms with E-state index in [0.29, 0.717) is 24.9 Å². The van der Waals surface area contributed by atoms with Crippen molar-refractivity contribution in [3.63, 3.8) is 0 Å². The Morgan fingerprint density at radius 1 is 1.29 bits per heavy atom. The van der Waals surface area contributed by atoms with Gasteiger partial charge in [0, 0.05) is 32.2 Å². The standard InChI is InChI=1S/C16H22N2O5S/c1-3-17(2)15(19)13-5-4-6-14(11-13)24(22,23)18-9-7-12(8-10-18)16(20)21/h4-6,11-12H,3,7-10H2,1-2H3,(H,20,21). The zero-order valence-electron chi connectivity index (χ0n) is 13.8. The average molecular weight is 354 g/mol. The number of hydrogen-bond acceptors (Lipinski definition) is 4. The lowest BCUT2D eigenvalue weighted by Crippen LogP contribution is -2.40. The third-order valence-corrected chi connectivity index (χ3v) is 6.24. The number of benzene rings is 1. The summed E-state index contributed by atoms with van der Waals surface area (Å²) in [5.74, 6) is -1.62. The summed E-state index contributed by atoms with van der Waals surface area (Å²) in [6, 6.07) is 5.98. The Morgan fingerprint density at radius 2 is 1.92 bits per heavy atom. The van der Waals surface area contributed by atoms with Gasteiger partial charge < -0.3 is 10.0 Å². The Hall–Kier alpha value is -1.93. The van der Waals surface area contributed by atoms with Crippen molar-refractivity contribution in [1.82, 2.24) is 9.21 Å². The number of hydrogen-bond donors (Lipinski definition) is 1. The summed E-state index contributed by atoms with van der Waals surface area (Å²) in [6.07, 6.45) is 0.595. The van der Waals surface area contributed by atoms with Crippen molar-refractivity contribution in [3.05, 3.63) is 29.8 Å². The summed E-state index contributed by atoms with van der Waals surface area (Å²) in [5.41, 5.74) is 0.320. The number of nitrogens with zero attached hydrogens (tertiary/aromatic N) is 2. The summed E-state index contributed by atoms with van der Waals surface area (Å²) < 4.78 is 26.8. The van der Waals surface area contributed by atoms with E-state index in [4.69, 9.17) is 5.11 Å². The quantitative estimate of drug-likeness (QED) is 0.859. The first-order chi connectivity index (χ1) is 11.3. The van der Waals surface area contributed by atoms with Gasteiger partial charge in [-0.1, -0.05) is 6.07 Å². The molecular formula is C16H22N2O5S. The molecule has 1 aliphatic heterocycles. The molecule has 1 heterocycles. The lowest BCUT2D eigenvalue weighted by atomic mass is 9.99. The van der Waals surface area contributed by atoms with Gasteiger partial charge in [0.05, 0.1) is 10.8 Å². The van der Waals surface area contributed by atoms with Gasteiger partial charge in [-0.25, -0.2) is 8.42 Å². The van der Waals surface area contributed by atoms with Crippen LogP contribution >= 0.6 is 0 Å². The molecule has 132 valence electrons. The minimum atomic E-state index is -3.73. The van der Waals surface area contributed by atoms with Crippen molar-refractivity contribution >= 4 is 21.9 Å². The maximum absolute atomic E-state index is 12.7. The maximum Gasteiger partial charge on any atom is 0.306 e. The summed E-state index contributed by atoms with van der Waals surface area (Å²) in [7, 11) is -2.08. The molecule has 0 bridgehead atoms. The molecule has 1 aromatic carbocycles. The normalized spacial score (nSPS) is 16.8. The number of carbonyl (C=O) groups excluding carboxylic acids is 1. The first-order valence-corrected chi connectivity index (χ1v) is 9.30. The number of carbonyl (C=O) groups is 2. The van der Waals surface area contributed by atoms with Gasteiger partial charge in [0.25, 0.3) is 5.91 Å². The van der Waals surface area contributed by atoms with Crippen molar-refractivity contribution in [2.75, 3.05) is 26.7 Å². The Bertz CT molecular complexity index is 724. The highest BCUT2D eigenvalue weighted by Crippen LogP contribution is 2.24. The van der Waals surface area contributed by atoms with Crippen LogP contribution in [-0.4, -0.2) is 61.3 Å². The van der Waals surface area contributed by atoms with Crippen molar-refractivity contribution in [1.29, 1.82) is 0 Å². The molecule has 0 unspecified atom stereocenters. The Labute approximate surface area is 141 Å². The zero-order valence-corrected chi connectivity index (χ0v) is 14.6. The van der Waals surface area contributed by atoms with Crippen LogP contribution in [0.15, 0.2) is 29.2 Å². The van der Waals surface area contributed by atoms with Crippen molar-refractivity contribution < 1.29 is 23.1 Å². The fourth-order valence-electron chi connectivity index (χ4n) is 2.65. The summed E-state index contributed by atoms with van der Waals surface area (Å²) in [4.78, 5) is 24.7. The maximum atomic E-state index is 12.7. The van der Waals surface area contributed by atoms with Gasteiger partial charge in [0.2, 0.25) is 10.0 Å². The summed E-state index contributed by atoms with van der Waals surface area (Å²) >= 11 is 0. The smallest absolute Gasteiger partial charge is 0.306 e. The van der Waals surface area contributed by atoms with Crippen LogP contribution in [0.2, 0.25) is 0 Å². The number of carboxylic acid groups (broad SMARTS) is 1. The molecule has 1 amide bonds. The van der Waals surface area contributed by atoms with E-state index < -0.39 is 21.9 Å². The van der Waals surface area contributed by atoms with Crippen LogP contribution < -0.4 is 0 Å². The highest BCUT2D eigenvalue weighted by atomic mass is 32.2. The van der Waals surface area contributed by atoms with E-state index in [1.807, 2.05) is 6.92 Å². The van der Waals surface area contributed by atoms with Crippen molar-refractivity contribution in [2.45, 2.75) is 24.7 Å². The molecule has 0 atom stereocenters. The number of piperidine rings is 1. The predicted molar refractivity (Wildman–Crippen MR) is 88.2 cm³/mol. The topological polar surface area (TPSA) is 95.0 Å². The SMILES string of the molecule is CCN(C)C(=O)c1cccc(S(=O)(=O)N2CCC(C(=O)O)CC2)c1. The van der Waals surface area contributed by atoms with Gasteiger partial charge >= 0.3 is 5.97 Å². The molecule has 0 spiro atoms. The summed E-state index contributed by atoms with van der Waals surface area (Å²) in [6.45, 7) is 2.71. The monoisotopic (exact) mass is 354 g/mol. The molecule has 1 N–H and O–H groups in total. The molecule has 2 rings (SSSR count). The number of rotatable bonds is 5. The summed E-state index contributed by atoms with van der Waals surface area (Å²) in [5, 5.41) is 9.01. The van der Waals surface area contributed by atoms with E-state index in [2.05, 4.69) is 0 Å². The molecule has 1 saturated heterocycles. The van der Waals surface area contributed by atoms with E-state index in [1.165, 1.54) is 21.3 Å². The molecule has 24 heavy (non-hydrogen) atoms. The highest BCUT2D eigenvalue weighted by molar-refractivity contribution is 7.89. The van der Waals surface area contributed by atoms with Crippen LogP contribution in [0.5, 0.6) is 0 Å². The second kappa shape index (κ2) is 7.31. The lowest BCUT2D eigenvalue weighted by molar-refractivity contribution is -0.142. The van der Waals surface area contributed by atoms with Gasteiger partial charge in [-0.2, -0.15) is 4.31 Å². The van der Waals surface area contributed by atoms with Crippen LogP contribution in [0, 0.1) is 5.92 Å². The molecule has 1 fully saturated rings. The minimum Gasteiger partial charge on any atom is -0.481 e. The largest absolute Gasteiger partial charge is 0.481 e. The first-order valence-electron chi connectivity index (χ1n) is 7.86. The molecule has 1 aromatic rings. The Kier molecular flexibility index (Phi) is 5.61. The fraction of sp³-hybridized carbons (Fsp3) is 0.500. The number of amides is 1. The fourth-order valence-corrected chi connectivity index (χ4v) is 4.16. The first kappa shape index (κ1) is 18.4. The number of sulfonamides is 1. The minimum absolute atomic E-state index is 0.0617. The van der Waals surface area contributed by atoms with E-state index >= 15 is 0 Å². The Balaban J connectivity index is 2.21. The van der Waals surface area contributed by atoms with Crippen LogP contribution in [0.3, 0.4) is 0 Å². The van der Waals surface area contributed by atoms with E-state index in [1.54, 1.807) is 19.2 Å². The van der Waals surface area contributed by atoms with Gasteiger partial charge in [0.15, 0.2) is 0 Å². The number of carboxylic acids is 1. The molecule has 0 aliphatic carbocycles. The molecule has 1 aliphatic rings. The van der Waals surface area contributed by atoms with Crippen LogP contribution in [0.1, 0.15) is 30.1 Å². The van der Waals surface area contributed by atoms with Gasteiger partial charge in [-0.3, -0.25) is 9.59 Å². The van der Waals surface area contributed by atoms with Crippen molar-refractivity contribution in [3.8, 4) is 0 Å². The van der Waals surface area contributed by atoms with E-state index in [0.717, 1.165) is 0 Å². The van der Waals surface area contributed by atoms with Crippen LogP contribution in [0.4, 0.5) is 0 Å². The van der Waals surface area contributed by atoms with E-state index in [9.17, 15) is 18.0 Å². The molecule has 0 radical (unpaired) electrons. The zero-order chi connectivity index (χ0) is 17.9. The average Bonchev–Trinajstić information content (AvgIpc) is 2.60. The van der Waals surface area contributed by atoms with Gasteiger partial charge in [-0.05, 0) is 38.0 Å². The Morgan fingerprint density at radius 3 is 2.46 bits per heavy atom.